The van der Waals surface area contributed by atoms with Gasteiger partial charge in [0.25, 0.3) is 0 Å². The van der Waals surface area contributed by atoms with Crippen molar-refractivity contribution in [1.29, 1.82) is 0 Å². The molecule has 0 radical (unpaired) electrons. The normalized spacial score (nSPS) is 46.6. The Hall–Kier alpha value is -0.403. The molecule has 2 saturated heterocycles. The second-order valence-electron chi connectivity index (χ2n) is 12.9. The van der Waals surface area contributed by atoms with Gasteiger partial charge in [-0.25, -0.2) is 0 Å². The third kappa shape index (κ3) is 3.02. The SMILES string of the molecule is C[C@]12CCC3(CC1C=C(O[Si](C)(C)C)C1C2CC[C@@]2(C)C1CCC21OCCO1)OCCO3. The summed E-state index contributed by atoms with van der Waals surface area (Å²) in [5.41, 5.74) is 0.356. The first-order valence-corrected chi connectivity index (χ1v) is 16.5. The summed E-state index contributed by atoms with van der Waals surface area (Å²) in [6.45, 7) is 15.0. The molecule has 0 amide bonds. The Morgan fingerprint density at radius 2 is 1.50 bits per heavy atom. The average molecular weight is 463 g/mol. The van der Waals surface area contributed by atoms with Crippen LogP contribution in [0.25, 0.3) is 0 Å². The highest BCUT2D eigenvalue weighted by Crippen LogP contribution is 2.70. The van der Waals surface area contributed by atoms with Crippen LogP contribution in [0.15, 0.2) is 11.8 Å². The fourth-order valence-corrected chi connectivity index (χ4v) is 9.63. The maximum Gasteiger partial charge on any atom is 0.241 e. The van der Waals surface area contributed by atoms with Crippen molar-refractivity contribution in [1.82, 2.24) is 0 Å². The van der Waals surface area contributed by atoms with Crippen molar-refractivity contribution in [2.45, 2.75) is 90.0 Å². The molecule has 6 rings (SSSR count). The molecule has 32 heavy (non-hydrogen) atoms. The smallest absolute Gasteiger partial charge is 0.241 e. The van der Waals surface area contributed by atoms with E-state index in [9.17, 15) is 0 Å². The zero-order valence-electron chi connectivity index (χ0n) is 20.7. The highest BCUT2D eigenvalue weighted by Gasteiger charge is 2.69. The maximum atomic E-state index is 6.93. The van der Waals surface area contributed by atoms with Gasteiger partial charge in [0.15, 0.2) is 11.6 Å². The summed E-state index contributed by atoms with van der Waals surface area (Å²) in [6, 6.07) is 0. The van der Waals surface area contributed by atoms with Crippen molar-refractivity contribution < 1.29 is 23.4 Å². The van der Waals surface area contributed by atoms with Gasteiger partial charge >= 0.3 is 0 Å². The van der Waals surface area contributed by atoms with Crippen LogP contribution in [0, 0.1) is 34.5 Å². The number of ether oxygens (including phenoxy) is 4. The molecule has 6 atom stereocenters. The van der Waals surface area contributed by atoms with Crippen LogP contribution in [-0.2, 0) is 23.4 Å². The zero-order valence-corrected chi connectivity index (χ0v) is 21.7. The summed E-state index contributed by atoms with van der Waals surface area (Å²) in [6.07, 6.45) is 10.4. The highest BCUT2D eigenvalue weighted by molar-refractivity contribution is 6.70. The van der Waals surface area contributed by atoms with Crippen molar-refractivity contribution in [3.05, 3.63) is 11.8 Å². The monoisotopic (exact) mass is 462 g/mol. The topological polar surface area (TPSA) is 46.2 Å². The summed E-state index contributed by atoms with van der Waals surface area (Å²) in [7, 11) is -1.74. The lowest BCUT2D eigenvalue weighted by atomic mass is 9.46. The van der Waals surface area contributed by atoms with E-state index in [1.165, 1.54) is 31.4 Å². The fraction of sp³-hybridized carbons (Fsp3) is 0.923. The summed E-state index contributed by atoms with van der Waals surface area (Å²) >= 11 is 0. The molecule has 5 fully saturated rings. The highest BCUT2D eigenvalue weighted by atomic mass is 28.4. The molecule has 6 heteroatoms. The van der Waals surface area contributed by atoms with Gasteiger partial charge in [-0.2, -0.15) is 0 Å². The first-order chi connectivity index (χ1) is 15.1. The molecule has 0 bridgehead atoms. The first kappa shape index (κ1) is 22.1. The Bertz CT molecular complexity index is 793. The van der Waals surface area contributed by atoms with Gasteiger partial charge in [-0.05, 0) is 74.6 Å². The van der Waals surface area contributed by atoms with Gasteiger partial charge in [-0.3, -0.25) is 0 Å². The molecule has 180 valence electrons. The van der Waals surface area contributed by atoms with Crippen LogP contribution in [-0.4, -0.2) is 46.3 Å². The molecule has 4 aliphatic carbocycles. The fourth-order valence-electron chi connectivity index (χ4n) is 8.71. The minimum absolute atomic E-state index is 0.0727. The Kier molecular flexibility index (Phi) is 4.88. The lowest BCUT2D eigenvalue weighted by molar-refractivity contribution is -0.249. The van der Waals surface area contributed by atoms with Gasteiger partial charge in [0.1, 0.15) is 0 Å². The quantitative estimate of drug-likeness (QED) is 0.509. The van der Waals surface area contributed by atoms with E-state index in [1.807, 2.05) is 0 Å². The Morgan fingerprint density at radius 1 is 0.844 bits per heavy atom. The van der Waals surface area contributed by atoms with E-state index in [4.69, 9.17) is 23.4 Å². The van der Waals surface area contributed by atoms with E-state index in [0.717, 1.165) is 45.7 Å². The zero-order chi connectivity index (χ0) is 22.4. The number of fused-ring (bicyclic) bond motifs is 6. The van der Waals surface area contributed by atoms with Gasteiger partial charge in [0, 0.05) is 30.6 Å². The van der Waals surface area contributed by atoms with E-state index in [0.29, 0.717) is 23.7 Å². The molecule has 5 nitrogen and oxygen atoms in total. The summed E-state index contributed by atoms with van der Waals surface area (Å²) in [4.78, 5) is 0. The van der Waals surface area contributed by atoms with Crippen molar-refractivity contribution in [3.63, 3.8) is 0 Å². The molecule has 4 unspecified atom stereocenters. The van der Waals surface area contributed by atoms with Gasteiger partial charge in [-0.1, -0.05) is 13.8 Å². The summed E-state index contributed by atoms with van der Waals surface area (Å²) in [5.74, 6) is 2.72. The predicted molar refractivity (Wildman–Crippen MR) is 124 cm³/mol. The number of rotatable bonds is 2. The molecule has 2 spiro atoms. The standard InChI is InChI=1S/C26H42O5Si/c1-23-10-11-25(27-12-13-28-25)17-18(23)16-21(31-32(3,4)5)22-19(23)6-8-24(2)20(22)7-9-26(24)29-14-15-30-26/h16,18-20,22H,6-15,17H2,1-5H3/t18?,19?,20?,22?,23-,24-/m0/s1. The molecule has 6 aliphatic rings. The molecule has 2 aliphatic heterocycles. The van der Waals surface area contributed by atoms with E-state index in [1.54, 1.807) is 0 Å². The van der Waals surface area contributed by atoms with E-state index in [-0.39, 0.29) is 22.4 Å². The molecule has 0 N–H and O–H groups in total. The van der Waals surface area contributed by atoms with Crippen LogP contribution >= 0.6 is 0 Å². The van der Waals surface area contributed by atoms with E-state index in [2.05, 4.69) is 39.6 Å². The molecule has 0 aromatic heterocycles. The molecular weight excluding hydrogens is 420 g/mol. The molecule has 3 saturated carbocycles. The Balaban J connectivity index is 1.40. The van der Waals surface area contributed by atoms with Gasteiger partial charge in [0.05, 0.1) is 32.2 Å². The largest absolute Gasteiger partial charge is 0.547 e. The minimum Gasteiger partial charge on any atom is -0.547 e. The summed E-state index contributed by atoms with van der Waals surface area (Å²) in [5, 5.41) is 0. The number of allylic oxidation sites excluding steroid dienone is 2. The van der Waals surface area contributed by atoms with E-state index >= 15 is 0 Å². The van der Waals surface area contributed by atoms with Gasteiger partial charge < -0.3 is 23.4 Å². The maximum absolute atomic E-state index is 6.93. The summed E-state index contributed by atoms with van der Waals surface area (Å²) < 4.78 is 32.0. The third-order valence-corrected chi connectivity index (χ3v) is 11.1. The van der Waals surface area contributed by atoms with Crippen molar-refractivity contribution in [2.24, 2.45) is 34.5 Å². The predicted octanol–water partition coefficient (Wildman–Crippen LogP) is 5.47. The lowest BCUT2D eigenvalue weighted by Gasteiger charge is -2.61. The van der Waals surface area contributed by atoms with Crippen LogP contribution in [0.1, 0.15) is 58.8 Å². The molecular formula is C26H42O5Si. The van der Waals surface area contributed by atoms with Gasteiger partial charge in [-0.15, -0.1) is 0 Å². The van der Waals surface area contributed by atoms with Crippen LogP contribution in [0.4, 0.5) is 0 Å². The average Bonchev–Trinajstić information content (AvgIpc) is 3.44. The number of hydrogen-bond donors (Lipinski definition) is 0. The van der Waals surface area contributed by atoms with Crippen LogP contribution in [0.3, 0.4) is 0 Å². The Morgan fingerprint density at radius 3 is 2.19 bits per heavy atom. The first-order valence-electron chi connectivity index (χ1n) is 13.1. The van der Waals surface area contributed by atoms with Gasteiger partial charge in [0.2, 0.25) is 8.32 Å². The number of hydrogen-bond acceptors (Lipinski definition) is 5. The van der Waals surface area contributed by atoms with Crippen LogP contribution < -0.4 is 0 Å². The second-order valence-corrected chi connectivity index (χ2v) is 17.3. The second kappa shape index (κ2) is 7.06. The Labute approximate surface area is 194 Å². The van der Waals surface area contributed by atoms with E-state index < -0.39 is 8.32 Å². The molecule has 0 aromatic rings. The van der Waals surface area contributed by atoms with Crippen molar-refractivity contribution >= 4 is 8.32 Å². The van der Waals surface area contributed by atoms with Crippen molar-refractivity contribution in [2.75, 3.05) is 26.4 Å². The lowest BCUT2D eigenvalue weighted by Crippen LogP contribution is -2.58. The van der Waals surface area contributed by atoms with Crippen LogP contribution in [0.5, 0.6) is 0 Å². The minimum atomic E-state index is -1.74. The van der Waals surface area contributed by atoms with Crippen molar-refractivity contribution in [3.8, 4) is 0 Å². The third-order valence-electron chi connectivity index (χ3n) is 10.3. The van der Waals surface area contributed by atoms with Crippen LogP contribution in [0.2, 0.25) is 19.6 Å². The molecule has 2 heterocycles. The molecule has 0 aromatic carbocycles.